The minimum Gasteiger partial charge on any atom is -0.490 e. The number of amides is 3. The summed E-state index contributed by atoms with van der Waals surface area (Å²) in [7, 11) is 0. The highest BCUT2D eigenvalue weighted by molar-refractivity contribution is 6.01. The number of rotatable bonds is 10. The minimum atomic E-state index is -1.11. The lowest BCUT2D eigenvalue weighted by molar-refractivity contribution is -0.115. The summed E-state index contributed by atoms with van der Waals surface area (Å²) in [6, 6.07) is 29.1. The predicted molar refractivity (Wildman–Crippen MR) is 184 cm³/mol. The highest BCUT2D eigenvalue weighted by atomic mass is 16.5. The number of ether oxygens (including phenoxy) is 2. The van der Waals surface area contributed by atoms with E-state index in [0.717, 1.165) is 53.5 Å². The molecule has 48 heavy (non-hydrogen) atoms. The number of pyridine rings is 1. The van der Waals surface area contributed by atoms with Crippen molar-refractivity contribution in [3.63, 3.8) is 0 Å². The van der Waals surface area contributed by atoms with Crippen LogP contribution in [0.3, 0.4) is 0 Å². The van der Waals surface area contributed by atoms with Crippen LogP contribution in [0.25, 0.3) is 10.8 Å². The number of carboxylic acid groups (broad SMARTS) is 1. The highest BCUT2D eigenvalue weighted by Crippen LogP contribution is 2.30. The Morgan fingerprint density at radius 1 is 0.812 bits per heavy atom. The van der Waals surface area contributed by atoms with Crippen molar-refractivity contribution in [1.29, 1.82) is 0 Å². The Kier molecular flexibility index (Phi) is 9.80. The van der Waals surface area contributed by atoms with Gasteiger partial charge in [0, 0.05) is 24.0 Å². The largest absolute Gasteiger partial charge is 0.490 e. The van der Waals surface area contributed by atoms with Gasteiger partial charge >= 0.3 is 12.0 Å². The Labute approximate surface area is 278 Å². The standard InChI is InChI=1S/C38H36N4O6/c1-24-6-11-28(12-7-24)40-38(46)41-29-13-17-30(18-14-29)47-31-15-9-27-22-32(16-10-26(27)21-31)48-36-19-8-25(23-39-36)20-35(43)42-34-5-3-2-4-33(34)37(44)45/h2-12,15-16,19,21-23,29-30H,13-14,17-18,20H2,1H3,(H,42,43)(H,44,45)(H2,40,41,46). The van der Waals surface area contributed by atoms with Crippen LogP contribution < -0.4 is 25.4 Å². The number of nitrogens with zero attached hydrogens (tertiary/aromatic N) is 1. The molecule has 0 radical (unpaired) electrons. The molecule has 1 aliphatic carbocycles. The lowest BCUT2D eigenvalue weighted by atomic mass is 9.93. The molecule has 4 aromatic carbocycles. The molecular formula is C38H36N4O6. The summed E-state index contributed by atoms with van der Waals surface area (Å²) in [4.78, 5) is 40.7. The van der Waals surface area contributed by atoms with E-state index in [9.17, 15) is 19.5 Å². The van der Waals surface area contributed by atoms with Crippen molar-refractivity contribution in [2.45, 2.75) is 51.2 Å². The summed E-state index contributed by atoms with van der Waals surface area (Å²) in [5.41, 5.74) is 2.86. The summed E-state index contributed by atoms with van der Waals surface area (Å²) in [6.45, 7) is 2.01. The smallest absolute Gasteiger partial charge is 0.337 e. The first-order chi connectivity index (χ1) is 23.3. The molecule has 0 spiro atoms. The van der Waals surface area contributed by atoms with E-state index in [1.165, 1.54) is 6.07 Å². The molecule has 0 atom stereocenters. The number of aryl methyl sites for hydroxylation is 1. The molecule has 0 saturated heterocycles. The van der Waals surface area contributed by atoms with E-state index in [4.69, 9.17) is 9.47 Å². The maximum absolute atomic E-state index is 12.5. The van der Waals surface area contributed by atoms with E-state index >= 15 is 0 Å². The van der Waals surface area contributed by atoms with Crippen LogP contribution >= 0.6 is 0 Å². The van der Waals surface area contributed by atoms with Gasteiger partial charge in [-0.3, -0.25) is 4.79 Å². The number of benzene rings is 4. The van der Waals surface area contributed by atoms with Crippen LogP contribution in [0.4, 0.5) is 16.2 Å². The second-order valence-electron chi connectivity index (χ2n) is 11.9. The third kappa shape index (κ3) is 8.47. The molecule has 0 aliphatic heterocycles. The molecule has 0 unspecified atom stereocenters. The van der Waals surface area contributed by atoms with E-state index in [1.807, 2.05) is 67.6 Å². The lowest BCUT2D eigenvalue weighted by Gasteiger charge is -2.29. The number of carbonyl (C=O) groups is 3. The second kappa shape index (κ2) is 14.7. The zero-order valence-electron chi connectivity index (χ0n) is 26.4. The molecule has 1 heterocycles. The molecule has 1 saturated carbocycles. The maximum atomic E-state index is 12.5. The van der Waals surface area contributed by atoms with Gasteiger partial charge in [-0.15, -0.1) is 0 Å². The van der Waals surface area contributed by atoms with Crippen molar-refractivity contribution >= 4 is 40.1 Å². The van der Waals surface area contributed by atoms with Gasteiger partial charge in [0.25, 0.3) is 0 Å². The summed E-state index contributed by atoms with van der Waals surface area (Å²) in [5, 5.41) is 20.0. The number of anilines is 2. The summed E-state index contributed by atoms with van der Waals surface area (Å²) in [6.07, 6.45) is 5.10. The number of nitrogens with one attached hydrogen (secondary N) is 3. The monoisotopic (exact) mass is 644 g/mol. The molecule has 1 fully saturated rings. The topological polar surface area (TPSA) is 139 Å². The zero-order chi connectivity index (χ0) is 33.5. The predicted octanol–water partition coefficient (Wildman–Crippen LogP) is 7.73. The third-order valence-corrected chi connectivity index (χ3v) is 8.22. The van der Waals surface area contributed by atoms with Crippen molar-refractivity contribution in [1.82, 2.24) is 10.3 Å². The number of carboxylic acids is 1. The molecule has 0 bridgehead atoms. The highest BCUT2D eigenvalue weighted by Gasteiger charge is 2.24. The lowest BCUT2D eigenvalue weighted by Crippen LogP contribution is -2.41. The van der Waals surface area contributed by atoms with E-state index < -0.39 is 5.97 Å². The Bertz CT molecular complexity index is 1920. The van der Waals surface area contributed by atoms with Gasteiger partial charge in [0.15, 0.2) is 0 Å². The fourth-order valence-corrected chi connectivity index (χ4v) is 5.70. The van der Waals surface area contributed by atoms with Gasteiger partial charge in [-0.25, -0.2) is 14.6 Å². The maximum Gasteiger partial charge on any atom is 0.337 e. The van der Waals surface area contributed by atoms with E-state index in [1.54, 1.807) is 36.5 Å². The molecule has 5 aromatic rings. The molecule has 3 amide bonds. The normalized spacial score (nSPS) is 15.7. The van der Waals surface area contributed by atoms with Gasteiger partial charge in [-0.1, -0.05) is 48.0 Å². The molecular weight excluding hydrogens is 608 g/mol. The van der Waals surface area contributed by atoms with Gasteiger partial charge in [-0.2, -0.15) is 0 Å². The van der Waals surface area contributed by atoms with Crippen LogP contribution in [-0.4, -0.2) is 40.1 Å². The molecule has 4 N–H and O–H groups in total. The van der Waals surface area contributed by atoms with Crippen LogP contribution in [0.1, 0.15) is 47.2 Å². The molecule has 10 nitrogen and oxygen atoms in total. The first kappa shape index (κ1) is 32.1. The number of hydrogen-bond donors (Lipinski definition) is 4. The van der Waals surface area contributed by atoms with Crippen molar-refractivity contribution in [2.24, 2.45) is 0 Å². The van der Waals surface area contributed by atoms with Gasteiger partial charge < -0.3 is 30.5 Å². The number of urea groups is 1. The first-order valence-electron chi connectivity index (χ1n) is 15.9. The Morgan fingerprint density at radius 2 is 1.52 bits per heavy atom. The van der Waals surface area contributed by atoms with Crippen LogP contribution in [0, 0.1) is 6.92 Å². The molecule has 10 heteroatoms. The Morgan fingerprint density at radius 3 is 2.23 bits per heavy atom. The molecule has 1 aromatic heterocycles. The quantitative estimate of drug-likeness (QED) is 0.122. The van der Waals surface area contributed by atoms with Crippen molar-refractivity contribution in [3.8, 4) is 17.4 Å². The number of fused-ring (bicyclic) bond motifs is 1. The van der Waals surface area contributed by atoms with E-state index in [0.29, 0.717) is 17.2 Å². The van der Waals surface area contributed by atoms with Crippen molar-refractivity contribution in [3.05, 3.63) is 120 Å². The van der Waals surface area contributed by atoms with Crippen molar-refractivity contribution in [2.75, 3.05) is 10.6 Å². The summed E-state index contributed by atoms with van der Waals surface area (Å²) < 4.78 is 12.3. The molecule has 244 valence electrons. The van der Waals surface area contributed by atoms with Gasteiger partial charge in [0.05, 0.1) is 23.8 Å². The van der Waals surface area contributed by atoms with Gasteiger partial charge in [0.2, 0.25) is 11.8 Å². The average molecular weight is 645 g/mol. The van der Waals surface area contributed by atoms with Crippen LogP contribution in [-0.2, 0) is 11.2 Å². The number of carbonyl (C=O) groups excluding carboxylic acids is 2. The van der Waals surface area contributed by atoms with Crippen LogP contribution in [0.2, 0.25) is 0 Å². The third-order valence-electron chi connectivity index (χ3n) is 8.22. The number of aromatic nitrogens is 1. The van der Waals surface area contributed by atoms with Crippen molar-refractivity contribution < 1.29 is 29.0 Å². The zero-order valence-corrected chi connectivity index (χ0v) is 26.4. The van der Waals surface area contributed by atoms with E-state index in [2.05, 4.69) is 20.9 Å². The fraction of sp³-hybridized carbons (Fsp3) is 0.211. The number of hydrogen-bond acceptors (Lipinski definition) is 6. The molecule has 6 rings (SSSR count). The fourth-order valence-electron chi connectivity index (χ4n) is 5.70. The Hall–Kier alpha value is -5.90. The van der Waals surface area contributed by atoms with Crippen LogP contribution in [0.15, 0.2) is 103 Å². The number of para-hydroxylation sites is 1. The first-order valence-corrected chi connectivity index (χ1v) is 15.9. The molecule has 1 aliphatic rings. The van der Waals surface area contributed by atoms with Gasteiger partial charge in [-0.05, 0) is 97.5 Å². The number of aromatic carboxylic acids is 1. The van der Waals surface area contributed by atoms with Crippen LogP contribution in [0.5, 0.6) is 17.4 Å². The minimum absolute atomic E-state index is 0.0283. The average Bonchev–Trinajstić information content (AvgIpc) is 3.08. The summed E-state index contributed by atoms with van der Waals surface area (Å²) >= 11 is 0. The second-order valence-corrected chi connectivity index (χ2v) is 11.9. The Balaban J connectivity index is 0.973. The summed E-state index contributed by atoms with van der Waals surface area (Å²) in [5.74, 6) is 0.351. The SMILES string of the molecule is Cc1ccc(NC(=O)NC2CCC(Oc3ccc4cc(Oc5ccc(CC(=O)Nc6ccccc6C(=O)O)cn5)ccc4c3)CC2)cc1. The van der Waals surface area contributed by atoms with E-state index in [-0.39, 0.29) is 41.8 Å². The van der Waals surface area contributed by atoms with Gasteiger partial charge in [0.1, 0.15) is 11.5 Å².